The second-order valence-electron chi connectivity index (χ2n) is 7.89. The zero-order chi connectivity index (χ0) is 19.2. The molecular weight excluding hydrogens is 404 g/mol. The molecule has 1 saturated carbocycles. The molecule has 0 radical (unpaired) electrons. The predicted molar refractivity (Wildman–Crippen MR) is 105 cm³/mol. The Kier molecular flexibility index (Phi) is 6.03. The molecular formula is C19H25ClN2O5S. The smallest absolute Gasteiger partial charge is 0.309 e. The third-order valence-electron chi connectivity index (χ3n) is 6.16. The second kappa shape index (κ2) is 8.00. The number of nitrogens with one attached hydrogen (secondary N) is 2. The monoisotopic (exact) mass is 428 g/mol. The lowest BCUT2D eigenvalue weighted by atomic mass is 9.95. The number of benzene rings is 1. The van der Waals surface area contributed by atoms with Crippen LogP contribution < -0.4 is 10.0 Å². The Morgan fingerprint density at radius 1 is 1.14 bits per heavy atom. The summed E-state index contributed by atoms with van der Waals surface area (Å²) < 4.78 is 32.5. The zero-order valence-electron chi connectivity index (χ0n) is 15.6. The SMILES string of the molecule is COC(=O)C1Cc2ccc(S(=O)(=O)NC(=O)C3CC4CNCC3C4)cc2C1.Cl. The molecule has 0 spiro atoms. The van der Waals surface area contributed by atoms with Gasteiger partial charge in [-0.3, -0.25) is 9.59 Å². The standard InChI is InChI=1S/C19H24N2O5S.ClH/c1-26-19(23)14-6-12-2-3-16(8-13(12)7-14)27(24,25)21-18(22)17-5-11-4-15(17)10-20-9-11;/h2-3,8,11,14-15,17,20H,4-7,9-10H2,1H3,(H,21,22);1H. The third-order valence-corrected chi connectivity index (χ3v) is 7.50. The van der Waals surface area contributed by atoms with E-state index < -0.39 is 15.9 Å². The fourth-order valence-electron chi connectivity index (χ4n) is 4.79. The lowest BCUT2D eigenvalue weighted by Gasteiger charge is -2.21. The lowest BCUT2D eigenvalue weighted by Crippen LogP contribution is -2.39. The molecule has 4 atom stereocenters. The number of sulfonamides is 1. The number of methoxy groups -OCH3 is 1. The topological polar surface area (TPSA) is 102 Å². The average Bonchev–Trinajstić information content (AvgIpc) is 3.20. The molecule has 2 fully saturated rings. The van der Waals surface area contributed by atoms with E-state index in [0.717, 1.165) is 37.1 Å². The van der Waals surface area contributed by atoms with Gasteiger partial charge in [-0.1, -0.05) is 6.07 Å². The second-order valence-corrected chi connectivity index (χ2v) is 9.57. The van der Waals surface area contributed by atoms with Crippen molar-refractivity contribution in [1.29, 1.82) is 0 Å². The molecule has 2 aliphatic carbocycles. The summed E-state index contributed by atoms with van der Waals surface area (Å²) in [6, 6.07) is 4.80. The number of amides is 1. The van der Waals surface area contributed by atoms with Crippen LogP contribution in [-0.4, -0.2) is 40.5 Å². The van der Waals surface area contributed by atoms with E-state index in [2.05, 4.69) is 10.0 Å². The number of halogens is 1. The fourth-order valence-corrected chi connectivity index (χ4v) is 5.87. The highest BCUT2D eigenvalue weighted by atomic mass is 35.5. The Morgan fingerprint density at radius 2 is 1.89 bits per heavy atom. The Morgan fingerprint density at radius 3 is 2.61 bits per heavy atom. The van der Waals surface area contributed by atoms with E-state index in [1.165, 1.54) is 13.2 Å². The first-order chi connectivity index (χ1) is 12.9. The van der Waals surface area contributed by atoms with Gasteiger partial charge in [0.1, 0.15) is 0 Å². The van der Waals surface area contributed by atoms with Gasteiger partial charge >= 0.3 is 5.97 Å². The maximum absolute atomic E-state index is 12.7. The first kappa shape index (κ1) is 21.1. The summed E-state index contributed by atoms with van der Waals surface area (Å²) >= 11 is 0. The molecule has 154 valence electrons. The van der Waals surface area contributed by atoms with Gasteiger partial charge in [-0.15, -0.1) is 12.4 Å². The minimum Gasteiger partial charge on any atom is -0.469 e. The van der Waals surface area contributed by atoms with E-state index in [4.69, 9.17) is 4.74 Å². The van der Waals surface area contributed by atoms with Gasteiger partial charge in [0.25, 0.3) is 10.0 Å². The quantitative estimate of drug-likeness (QED) is 0.695. The Balaban J connectivity index is 0.00000225. The van der Waals surface area contributed by atoms with Gasteiger partial charge in [-0.2, -0.15) is 0 Å². The molecule has 3 aliphatic rings. The summed E-state index contributed by atoms with van der Waals surface area (Å²) in [5.74, 6) is -0.554. The maximum atomic E-state index is 12.7. The van der Waals surface area contributed by atoms with E-state index in [1.807, 2.05) is 0 Å². The van der Waals surface area contributed by atoms with Crippen molar-refractivity contribution in [2.24, 2.45) is 23.7 Å². The van der Waals surface area contributed by atoms with Crippen molar-refractivity contribution in [3.63, 3.8) is 0 Å². The van der Waals surface area contributed by atoms with Crippen LogP contribution in [-0.2, 0) is 37.2 Å². The number of fused-ring (bicyclic) bond motifs is 3. The lowest BCUT2D eigenvalue weighted by molar-refractivity contribution is -0.145. The van der Waals surface area contributed by atoms with Crippen molar-refractivity contribution in [2.75, 3.05) is 20.2 Å². The molecule has 1 amide bonds. The van der Waals surface area contributed by atoms with Crippen LogP contribution in [0.1, 0.15) is 24.0 Å². The number of hydrogen-bond donors (Lipinski definition) is 2. The first-order valence-corrected chi connectivity index (χ1v) is 10.8. The van der Waals surface area contributed by atoms with Gasteiger partial charge in [-0.05, 0) is 73.9 Å². The van der Waals surface area contributed by atoms with Crippen LogP contribution in [0.3, 0.4) is 0 Å². The Labute approximate surface area is 171 Å². The van der Waals surface area contributed by atoms with Crippen molar-refractivity contribution in [3.8, 4) is 0 Å². The largest absolute Gasteiger partial charge is 0.469 e. The van der Waals surface area contributed by atoms with Crippen molar-refractivity contribution in [2.45, 2.75) is 30.6 Å². The van der Waals surface area contributed by atoms with Crippen molar-refractivity contribution in [1.82, 2.24) is 10.0 Å². The van der Waals surface area contributed by atoms with Gasteiger partial charge in [0.05, 0.1) is 17.9 Å². The number of carbonyl (C=O) groups excluding carboxylic acids is 2. The van der Waals surface area contributed by atoms with Crippen LogP contribution in [0.2, 0.25) is 0 Å². The van der Waals surface area contributed by atoms with E-state index in [-0.39, 0.29) is 41.0 Å². The molecule has 9 heteroatoms. The van der Waals surface area contributed by atoms with E-state index >= 15 is 0 Å². The molecule has 1 heterocycles. The van der Waals surface area contributed by atoms with Gasteiger partial charge in [0.15, 0.2) is 0 Å². The van der Waals surface area contributed by atoms with Crippen LogP contribution >= 0.6 is 12.4 Å². The molecule has 4 rings (SSSR count). The van der Waals surface area contributed by atoms with Gasteiger partial charge in [-0.25, -0.2) is 13.1 Å². The van der Waals surface area contributed by atoms with Gasteiger partial charge in [0, 0.05) is 5.92 Å². The van der Waals surface area contributed by atoms with Crippen LogP contribution in [0.25, 0.3) is 0 Å². The average molecular weight is 429 g/mol. The maximum Gasteiger partial charge on any atom is 0.309 e. The summed E-state index contributed by atoms with van der Waals surface area (Å²) in [5.41, 5.74) is 1.77. The number of esters is 1. The number of rotatable bonds is 4. The van der Waals surface area contributed by atoms with E-state index in [1.54, 1.807) is 12.1 Å². The summed E-state index contributed by atoms with van der Waals surface area (Å²) in [6.45, 7) is 1.67. The minimum atomic E-state index is -3.93. The number of carbonyl (C=O) groups is 2. The molecule has 0 aromatic heterocycles. The molecule has 28 heavy (non-hydrogen) atoms. The predicted octanol–water partition coefficient (Wildman–Crippen LogP) is 1.05. The highest BCUT2D eigenvalue weighted by Crippen LogP contribution is 2.38. The van der Waals surface area contributed by atoms with Crippen molar-refractivity contribution < 1.29 is 22.7 Å². The molecule has 1 aromatic carbocycles. The highest BCUT2D eigenvalue weighted by molar-refractivity contribution is 7.90. The molecule has 7 nitrogen and oxygen atoms in total. The van der Waals surface area contributed by atoms with Gasteiger partial charge in [0.2, 0.25) is 5.91 Å². The first-order valence-electron chi connectivity index (χ1n) is 9.34. The summed E-state index contributed by atoms with van der Waals surface area (Å²) in [7, 11) is -2.58. The fraction of sp³-hybridized carbons (Fsp3) is 0.579. The molecule has 2 N–H and O–H groups in total. The van der Waals surface area contributed by atoms with Crippen LogP contribution in [0.5, 0.6) is 0 Å². The molecule has 1 saturated heterocycles. The van der Waals surface area contributed by atoms with Crippen molar-refractivity contribution in [3.05, 3.63) is 29.3 Å². The number of ether oxygens (including phenoxy) is 1. The van der Waals surface area contributed by atoms with Crippen LogP contribution in [0, 0.1) is 23.7 Å². The Bertz CT molecular complexity index is 888. The Hall–Kier alpha value is -1.64. The van der Waals surface area contributed by atoms with Crippen LogP contribution in [0.15, 0.2) is 23.1 Å². The van der Waals surface area contributed by atoms with Crippen LogP contribution in [0.4, 0.5) is 0 Å². The van der Waals surface area contributed by atoms with E-state index in [9.17, 15) is 18.0 Å². The summed E-state index contributed by atoms with van der Waals surface area (Å²) in [4.78, 5) is 24.4. The zero-order valence-corrected chi connectivity index (χ0v) is 17.3. The normalized spacial score (nSPS) is 28.2. The highest BCUT2D eigenvalue weighted by Gasteiger charge is 2.42. The molecule has 1 aliphatic heterocycles. The summed E-state index contributed by atoms with van der Waals surface area (Å²) in [6.07, 6.45) is 2.73. The minimum absolute atomic E-state index is 0. The molecule has 1 aromatic rings. The molecule has 4 unspecified atom stereocenters. The third kappa shape index (κ3) is 3.90. The summed E-state index contributed by atoms with van der Waals surface area (Å²) in [5, 5.41) is 3.31. The van der Waals surface area contributed by atoms with Crippen molar-refractivity contribution >= 4 is 34.3 Å². The number of hydrogen-bond acceptors (Lipinski definition) is 6. The molecule has 2 bridgehead atoms. The number of piperidine rings is 1. The van der Waals surface area contributed by atoms with E-state index in [0.29, 0.717) is 18.8 Å². The van der Waals surface area contributed by atoms with Gasteiger partial charge < -0.3 is 10.1 Å².